The Morgan fingerprint density at radius 1 is 1.23 bits per heavy atom. The molecule has 0 aromatic carbocycles. The summed E-state index contributed by atoms with van der Waals surface area (Å²) in [5, 5.41) is 9.25. The van der Waals surface area contributed by atoms with E-state index in [0.29, 0.717) is 17.5 Å². The molecule has 6 bridgehead atoms. The maximum absolute atomic E-state index is 11.7. The third-order valence-corrected chi connectivity index (χ3v) is 4.81. The van der Waals surface area contributed by atoms with Crippen LogP contribution in [0.25, 0.3) is 0 Å². The SMILES string of the molecule is O=C1[C@@H]2C3CC4(CO)[C@H]1[C@@H]4C(=O)[C@@H]32. The maximum atomic E-state index is 11.7. The zero-order valence-electron chi connectivity index (χ0n) is 7.06. The molecule has 0 heterocycles. The minimum absolute atomic E-state index is 0.0375. The minimum Gasteiger partial charge on any atom is -0.396 e. The Morgan fingerprint density at radius 3 is 2.23 bits per heavy atom. The number of hydrogen-bond donors (Lipinski definition) is 1. The number of rotatable bonds is 1. The molecule has 2 unspecified atom stereocenters. The second-order valence-electron chi connectivity index (χ2n) is 5.07. The molecule has 5 saturated carbocycles. The average molecular weight is 178 g/mol. The van der Waals surface area contributed by atoms with Crippen LogP contribution >= 0.6 is 0 Å². The molecule has 13 heavy (non-hydrogen) atoms. The van der Waals surface area contributed by atoms with E-state index in [1.165, 1.54) is 0 Å². The molecule has 68 valence electrons. The van der Waals surface area contributed by atoms with Gasteiger partial charge >= 0.3 is 0 Å². The highest BCUT2D eigenvalue weighted by Crippen LogP contribution is 2.80. The molecule has 5 aliphatic carbocycles. The van der Waals surface area contributed by atoms with E-state index < -0.39 is 0 Å². The molecule has 5 aliphatic rings. The Labute approximate surface area is 75.1 Å². The lowest BCUT2D eigenvalue weighted by molar-refractivity contribution is -0.130. The second-order valence-corrected chi connectivity index (χ2v) is 5.07. The summed E-state index contributed by atoms with van der Waals surface area (Å²) in [5.74, 6) is 0.906. The van der Waals surface area contributed by atoms with Gasteiger partial charge in [-0.05, 0) is 12.3 Å². The van der Waals surface area contributed by atoms with Crippen LogP contribution in [0, 0.1) is 35.0 Å². The summed E-state index contributed by atoms with van der Waals surface area (Å²) in [6.45, 7) is 0.0375. The molecule has 3 heteroatoms. The molecule has 0 saturated heterocycles. The molecule has 5 fully saturated rings. The van der Waals surface area contributed by atoms with Crippen molar-refractivity contribution in [3.63, 3.8) is 0 Å². The van der Waals surface area contributed by atoms with Crippen LogP contribution in [0.2, 0.25) is 0 Å². The zero-order valence-corrected chi connectivity index (χ0v) is 7.06. The third kappa shape index (κ3) is 0.437. The summed E-state index contributed by atoms with van der Waals surface area (Å²) in [7, 11) is 0. The van der Waals surface area contributed by atoms with Gasteiger partial charge in [0.2, 0.25) is 0 Å². The number of carbonyl (C=O) groups is 2. The van der Waals surface area contributed by atoms with Crippen molar-refractivity contribution in [1.82, 2.24) is 0 Å². The molecule has 1 N–H and O–H groups in total. The number of hydrogen-bond acceptors (Lipinski definition) is 3. The number of carbonyl (C=O) groups excluding carboxylic acids is 2. The third-order valence-electron chi connectivity index (χ3n) is 4.81. The molecule has 3 nitrogen and oxygen atoms in total. The normalized spacial score (nSPS) is 65.2. The second kappa shape index (κ2) is 1.50. The summed E-state index contributed by atoms with van der Waals surface area (Å²) in [6.07, 6.45) is 0.936. The van der Waals surface area contributed by atoms with Gasteiger partial charge in [0.15, 0.2) is 0 Å². The summed E-state index contributed by atoms with van der Waals surface area (Å²) in [5.41, 5.74) is -0.275. The minimum atomic E-state index is -0.275. The Bertz CT molecular complexity index is 331. The highest BCUT2D eigenvalue weighted by molar-refractivity contribution is 6.10. The van der Waals surface area contributed by atoms with E-state index in [0.717, 1.165) is 6.42 Å². The van der Waals surface area contributed by atoms with Gasteiger partial charge < -0.3 is 5.11 Å². The lowest BCUT2D eigenvalue weighted by Gasteiger charge is -2.18. The van der Waals surface area contributed by atoms with E-state index in [4.69, 9.17) is 0 Å². The topological polar surface area (TPSA) is 54.4 Å². The van der Waals surface area contributed by atoms with E-state index in [1.54, 1.807) is 0 Å². The van der Waals surface area contributed by atoms with E-state index in [9.17, 15) is 14.7 Å². The molecule has 0 aliphatic heterocycles. The summed E-state index contributed by atoms with van der Waals surface area (Å²) in [6, 6.07) is 0. The standard InChI is InChI=1S/C10H10O3/c11-2-10-1-3-4-5(3)9(13)7(10)6(10)8(4)12/h3-7,11H,1-2H2/t3?,4-,5+,6+,7-,10?. The first-order valence-corrected chi connectivity index (χ1v) is 4.91. The predicted octanol–water partition coefficient (Wildman–Crippen LogP) is -0.371. The Kier molecular flexibility index (Phi) is 0.773. The highest BCUT2D eigenvalue weighted by Gasteiger charge is 2.86. The number of ketones is 2. The fourth-order valence-corrected chi connectivity index (χ4v) is 4.16. The van der Waals surface area contributed by atoms with Crippen LogP contribution in [-0.2, 0) is 9.59 Å². The lowest BCUT2D eigenvalue weighted by atomic mass is 9.86. The van der Waals surface area contributed by atoms with Crippen LogP contribution in [0.4, 0.5) is 0 Å². The molecule has 0 amide bonds. The predicted molar refractivity (Wildman–Crippen MR) is 41.6 cm³/mol. The highest BCUT2D eigenvalue weighted by atomic mass is 16.3. The van der Waals surface area contributed by atoms with E-state index >= 15 is 0 Å². The molecular weight excluding hydrogens is 168 g/mol. The van der Waals surface area contributed by atoms with Crippen LogP contribution < -0.4 is 0 Å². The van der Waals surface area contributed by atoms with Crippen molar-refractivity contribution < 1.29 is 14.7 Å². The van der Waals surface area contributed by atoms with Crippen molar-refractivity contribution in [3.8, 4) is 0 Å². The van der Waals surface area contributed by atoms with Gasteiger partial charge in [0.1, 0.15) is 11.6 Å². The van der Waals surface area contributed by atoms with Crippen LogP contribution in [0.15, 0.2) is 0 Å². The largest absolute Gasteiger partial charge is 0.396 e. The Morgan fingerprint density at radius 2 is 1.77 bits per heavy atom. The van der Waals surface area contributed by atoms with Gasteiger partial charge in [-0.15, -0.1) is 0 Å². The van der Waals surface area contributed by atoms with Gasteiger partial charge in [-0.2, -0.15) is 0 Å². The van der Waals surface area contributed by atoms with E-state index in [-0.39, 0.29) is 35.7 Å². The Balaban J connectivity index is 1.90. The van der Waals surface area contributed by atoms with E-state index in [1.807, 2.05) is 0 Å². The number of Topliss-reactive ketones (excluding diaryl/α,β-unsaturated/α-hetero) is 2. The van der Waals surface area contributed by atoms with Crippen molar-refractivity contribution in [2.24, 2.45) is 35.0 Å². The monoisotopic (exact) mass is 178 g/mol. The van der Waals surface area contributed by atoms with Crippen molar-refractivity contribution >= 4 is 11.6 Å². The van der Waals surface area contributed by atoms with Gasteiger partial charge in [0.25, 0.3) is 0 Å². The van der Waals surface area contributed by atoms with Gasteiger partial charge in [-0.3, -0.25) is 9.59 Å². The molecule has 0 radical (unpaired) electrons. The summed E-state index contributed by atoms with van der Waals surface area (Å²) >= 11 is 0. The molecule has 0 spiro atoms. The fraction of sp³-hybridized carbons (Fsp3) is 0.800. The first kappa shape index (κ1) is 6.71. The van der Waals surface area contributed by atoms with Crippen LogP contribution in [0.1, 0.15) is 6.42 Å². The van der Waals surface area contributed by atoms with Gasteiger partial charge in [0, 0.05) is 29.1 Å². The quantitative estimate of drug-likeness (QED) is 0.596. The van der Waals surface area contributed by atoms with Crippen molar-refractivity contribution in [3.05, 3.63) is 0 Å². The summed E-state index contributed by atoms with van der Waals surface area (Å²) < 4.78 is 0. The van der Waals surface area contributed by atoms with Crippen LogP contribution in [0.3, 0.4) is 0 Å². The van der Waals surface area contributed by atoms with Gasteiger partial charge in [-0.25, -0.2) is 0 Å². The Hall–Kier alpha value is -0.700. The molecule has 6 atom stereocenters. The molecule has 5 rings (SSSR count). The van der Waals surface area contributed by atoms with Crippen LogP contribution in [0.5, 0.6) is 0 Å². The molecule has 0 aromatic heterocycles. The number of aliphatic hydroxyl groups is 1. The van der Waals surface area contributed by atoms with Crippen molar-refractivity contribution in [1.29, 1.82) is 0 Å². The summed E-state index contributed by atoms with van der Waals surface area (Å²) in [4.78, 5) is 23.4. The average Bonchev–Trinajstić information content (AvgIpc) is 2.94. The van der Waals surface area contributed by atoms with Crippen molar-refractivity contribution in [2.45, 2.75) is 6.42 Å². The fourth-order valence-electron chi connectivity index (χ4n) is 4.16. The zero-order chi connectivity index (χ0) is 8.96. The smallest absolute Gasteiger partial charge is 0.141 e. The first-order chi connectivity index (χ1) is 6.22. The lowest BCUT2D eigenvalue weighted by Crippen LogP contribution is -2.23. The first-order valence-electron chi connectivity index (χ1n) is 4.91. The van der Waals surface area contributed by atoms with Crippen LogP contribution in [-0.4, -0.2) is 23.3 Å². The number of aliphatic hydroxyl groups excluding tert-OH is 1. The van der Waals surface area contributed by atoms with E-state index in [2.05, 4.69) is 0 Å². The maximum Gasteiger partial charge on any atom is 0.141 e. The molecular formula is C10H10O3. The van der Waals surface area contributed by atoms with Crippen molar-refractivity contribution in [2.75, 3.05) is 6.61 Å². The van der Waals surface area contributed by atoms with Gasteiger partial charge in [-0.1, -0.05) is 0 Å². The van der Waals surface area contributed by atoms with Gasteiger partial charge in [0.05, 0.1) is 6.61 Å². The molecule has 0 aromatic rings.